The van der Waals surface area contributed by atoms with Crippen molar-refractivity contribution >= 4 is 11.8 Å². The second-order valence-electron chi connectivity index (χ2n) is 4.04. The topological polar surface area (TPSA) is 22.0 Å². The molecular formula is C14H15NOS. The summed E-state index contributed by atoms with van der Waals surface area (Å²) in [6, 6.07) is 12.0. The summed E-state index contributed by atoms with van der Waals surface area (Å²) in [6.07, 6.45) is 1.82. The average molecular weight is 245 g/mol. The summed E-state index contributed by atoms with van der Waals surface area (Å²) >= 11 is 1.77. The van der Waals surface area contributed by atoms with Crippen molar-refractivity contribution in [3.63, 3.8) is 0 Å². The fourth-order valence-corrected chi connectivity index (χ4v) is 2.53. The molecule has 0 amide bonds. The fourth-order valence-electron chi connectivity index (χ4n) is 1.56. The van der Waals surface area contributed by atoms with Crippen molar-refractivity contribution in [1.29, 1.82) is 0 Å². The average Bonchev–Trinajstić information content (AvgIpc) is 2.32. The molecule has 0 fully saturated rings. The summed E-state index contributed by atoms with van der Waals surface area (Å²) in [5, 5.41) is 0. The molecular weight excluding hydrogens is 230 g/mol. The number of rotatable bonds is 3. The third-order valence-corrected chi connectivity index (χ3v) is 3.90. The predicted octanol–water partition coefficient (Wildman–Crippen LogP) is 2.99. The summed E-state index contributed by atoms with van der Waals surface area (Å²) < 4.78 is 1.59. The van der Waals surface area contributed by atoms with Crippen LogP contribution in [0.2, 0.25) is 0 Å². The largest absolute Gasteiger partial charge is 0.319 e. The SMILES string of the molecule is Cc1ccccc1SCc1ccn(C)c(=O)c1. The van der Waals surface area contributed by atoms with Crippen LogP contribution in [-0.2, 0) is 12.8 Å². The van der Waals surface area contributed by atoms with E-state index < -0.39 is 0 Å². The Balaban J connectivity index is 2.10. The molecule has 0 aliphatic heterocycles. The predicted molar refractivity (Wildman–Crippen MR) is 72.4 cm³/mol. The van der Waals surface area contributed by atoms with Gasteiger partial charge >= 0.3 is 0 Å². The van der Waals surface area contributed by atoms with Crippen LogP contribution in [0.5, 0.6) is 0 Å². The lowest BCUT2D eigenvalue weighted by molar-refractivity contribution is 0.855. The smallest absolute Gasteiger partial charge is 0.250 e. The van der Waals surface area contributed by atoms with Crippen LogP contribution >= 0.6 is 11.8 Å². The molecule has 0 radical (unpaired) electrons. The lowest BCUT2D eigenvalue weighted by Gasteiger charge is -2.05. The number of hydrogen-bond donors (Lipinski definition) is 0. The van der Waals surface area contributed by atoms with E-state index in [-0.39, 0.29) is 5.56 Å². The standard InChI is InChI=1S/C14H15NOS/c1-11-5-3-4-6-13(11)17-10-12-7-8-15(2)14(16)9-12/h3-9H,10H2,1-2H3. The van der Waals surface area contributed by atoms with Crippen molar-refractivity contribution in [3.05, 3.63) is 64.1 Å². The summed E-state index contributed by atoms with van der Waals surface area (Å²) in [4.78, 5) is 12.7. The van der Waals surface area contributed by atoms with Gasteiger partial charge in [-0.2, -0.15) is 0 Å². The molecule has 3 heteroatoms. The molecule has 0 unspecified atom stereocenters. The minimum atomic E-state index is 0.0490. The summed E-state index contributed by atoms with van der Waals surface area (Å²) in [5.41, 5.74) is 2.40. The summed E-state index contributed by atoms with van der Waals surface area (Å²) in [5.74, 6) is 0.834. The molecule has 1 aromatic heterocycles. The monoisotopic (exact) mass is 245 g/mol. The molecule has 0 aliphatic carbocycles. The minimum Gasteiger partial charge on any atom is -0.319 e. The molecule has 2 rings (SSSR count). The molecule has 0 bridgehead atoms. The van der Waals surface area contributed by atoms with Gasteiger partial charge in [-0.3, -0.25) is 4.79 Å². The first-order valence-electron chi connectivity index (χ1n) is 5.51. The van der Waals surface area contributed by atoms with Crippen LogP contribution in [-0.4, -0.2) is 4.57 Å². The van der Waals surface area contributed by atoms with E-state index in [2.05, 4.69) is 19.1 Å². The van der Waals surface area contributed by atoms with Crippen LogP contribution in [0.3, 0.4) is 0 Å². The molecule has 0 saturated carbocycles. The molecule has 0 spiro atoms. The first kappa shape index (κ1) is 12.0. The highest BCUT2D eigenvalue weighted by Gasteiger charge is 2.00. The van der Waals surface area contributed by atoms with Gasteiger partial charge in [0.25, 0.3) is 5.56 Å². The van der Waals surface area contributed by atoms with E-state index in [1.807, 2.05) is 24.4 Å². The molecule has 0 aliphatic rings. The maximum absolute atomic E-state index is 11.5. The lowest BCUT2D eigenvalue weighted by Crippen LogP contribution is -2.14. The zero-order chi connectivity index (χ0) is 12.3. The Morgan fingerprint density at radius 1 is 1.24 bits per heavy atom. The van der Waals surface area contributed by atoms with Crippen LogP contribution in [0.4, 0.5) is 0 Å². The van der Waals surface area contributed by atoms with Gasteiger partial charge < -0.3 is 4.57 Å². The van der Waals surface area contributed by atoms with Gasteiger partial charge in [-0.1, -0.05) is 18.2 Å². The Hall–Kier alpha value is -1.48. The Morgan fingerprint density at radius 2 is 2.00 bits per heavy atom. The van der Waals surface area contributed by atoms with Crippen LogP contribution in [0.15, 0.2) is 52.3 Å². The highest BCUT2D eigenvalue weighted by Crippen LogP contribution is 2.24. The fraction of sp³-hybridized carbons (Fsp3) is 0.214. The van der Waals surface area contributed by atoms with Gasteiger partial charge in [0.05, 0.1) is 0 Å². The molecule has 2 aromatic rings. The van der Waals surface area contributed by atoms with Crippen molar-refractivity contribution < 1.29 is 0 Å². The van der Waals surface area contributed by atoms with Crippen molar-refractivity contribution in [2.45, 2.75) is 17.6 Å². The molecule has 88 valence electrons. The first-order valence-corrected chi connectivity index (χ1v) is 6.49. The highest BCUT2D eigenvalue weighted by molar-refractivity contribution is 7.98. The third-order valence-electron chi connectivity index (χ3n) is 2.66. The van der Waals surface area contributed by atoms with Crippen molar-refractivity contribution in [2.75, 3.05) is 0 Å². The molecule has 0 atom stereocenters. The third kappa shape index (κ3) is 3.01. The Kier molecular flexibility index (Phi) is 3.69. The second kappa shape index (κ2) is 5.23. The van der Waals surface area contributed by atoms with E-state index in [4.69, 9.17) is 0 Å². The van der Waals surface area contributed by atoms with Gasteiger partial charge in [-0.05, 0) is 30.2 Å². The molecule has 0 N–H and O–H groups in total. The first-order chi connectivity index (χ1) is 8.16. The van der Waals surface area contributed by atoms with Gasteiger partial charge in [0.2, 0.25) is 0 Å². The van der Waals surface area contributed by atoms with Crippen LogP contribution < -0.4 is 5.56 Å². The van der Waals surface area contributed by atoms with E-state index in [1.54, 1.807) is 29.4 Å². The second-order valence-corrected chi connectivity index (χ2v) is 5.06. The molecule has 1 heterocycles. The van der Waals surface area contributed by atoms with Crippen molar-refractivity contribution in [2.24, 2.45) is 7.05 Å². The minimum absolute atomic E-state index is 0.0490. The number of thioether (sulfide) groups is 1. The zero-order valence-corrected chi connectivity index (χ0v) is 10.8. The maximum Gasteiger partial charge on any atom is 0.250 e. The highest BCUT2D eigenvalue weighted by atomic mass is 32.2. The van der Waals surface area contributed by atoms with E-state index in [0.717, 1.165) is 11.3 Å². The van der Waals surface area contributed by atoms with Crippen LogP contribution in [0.1, 0.15) is 11.1 Å². The number of benzene rings is 1. The van der Waals surface area contributed by atoms with Crippen molar-refractivity contribution in [3.8, 4) is 0 Å². The maximum atomic E-state index is 11.5. The van der Waals surface area contributed by atoms with Gasteiger partial charge in [0.1, 0.15) is 0 Å². The molecule has 2 nitrogen and oxygen atoms in total. The van der Waals surface area contributed by atoms with Gasteiger partial charge in [-0.25, -0.2) is 0 Å². The molecule has 17 heavy (non-hydrogen) atoms. The van der Waals surface area contributed by atoms with E-state index in [1.165, 1.54) is 10.5 Å². The number of pyridine rings is 1. The van der Waals surface area contributed by atoms with E-state index in [9.17, 15) is 4.79 Å². The number of aromatic nitrogens is 1. The van der Waals surface area contributed by atoms with Gasteiger partial charge in [-0.15, -0.1) is 11.8 Å². The van der Waals surface area contributed by atoms with E-state index >= 15 is 0 Å². The Bertz CT molecular complexity index is 574. The van der Waals surface area contributed by atoms with Gasteiger partial charge in [0, 0.05) is 30.0 Å². The Morgan fingerprint density at radius 3 is 2.71 bits per heavy atom. The lowest BCUT2D eigenvalue weighted by atomic mass is 10.2. The quantitative estimate of drug-likeness (QED) is 0.776. The number of nitrogens with zero attached hydrogens (tertiary/aromatic N) is 1. The normalized spacial score (nSPS) is 10.5. The van der Waals surface area contributed by atoms with E-state index in [0.29, 0.717) is 0 Å². The van der Waals surface area contributed by atoms with Crippen LogP contribution in [0.25, 0.3) is 0 Å². The number of aryl methyl sites for hydroxylation is 2. The Labute approximate surface area is 105 Å². The molecule has 0 saturated heterocycles. The van der Waals surface area contributed by atoms with Crippen molar-refractivity contribution in [1.82, 2.24) is 4.57 Å². The summed E-state index contributed by atoms with van der Waals surface area (Å²) in [6.45, 7) is 2.10. The van der Waals surface area contributed by atoms with Crippen LogP contribution in [0, 0.1) is 6.92 Å². The number of hydrogen-bond acceptors (Lipinski definition) is 2. The molecule has 1 aromatic carbocycles. The van der Waals surface area contributed by atoms with Gasteiger partial charge in [0.15, 0.2) is 0 Å². The zero-order valence-electron chi connectivity index (χ0n) is 10.0. The summed E-state index contributed by atoms with van der Waals surface area (Å²) in [7, 11) is 1.76.